The van der Waals surface area contributed by atoms with Gasteiger partial charge in [-0.05, 0) is 62.8 Å². The zero-order valence-corrected chi connectivity index (χ0v) is 19.8. The molecule has 1 aliphatic rings. The Kier molecular flexibility index (Phi) is 9.60. The van der Waals surface area contributed by atoms with E-state index in [0.717, 1.165) is 42.7 Å². The summed E-state index contributed by atoms with van der Waals surface area (Å²) in [5.41, 5.74) is 2.28. The Morgan fingerprint density at radius 2 is 1.61 bits per heavy atom. The molecule has 1 N–H and O–H groups in total. The molecule has 0 aliphatic carbocycles. The van der Waals surface area contributed by atoms with Crippen molar-refractivity contribution in [3.63, 3.8) is 0 Å². The first-order valence-corrected chi connectivity index (χ1v) is 12.1. The Hall–Kier alpha value is -3.02. The highest BCUT2D eigenvalue weighted by Gasteiger charge is 2.26. The van der Waals surface area contributed by atoms with Crippen LogP contribution in [0.5, 0.6) is 11.5 Å². The summed E-state index contributed by atoms with van der Waals surface area (Å²) in [7, 11) is 0. The molecule has 1 fully saturated rings. The minimum absolute atomic E-state index is 0.0255. The number of likely N-dealkylation sites (tertiary alicyclic amines) is 1. The molecule has 6 heteroatoms. The van der Waals surface area contributed by atoms with E-state index in [2.05, 4.69) is 17.4 Å². The summed E-state index contributed by atoms with van der Waals surface area (Å²) in [6.07, 6.45) is 3.46. The number of carbonyl (C=O) groups is 2. The van der Waals surface area contributed by atoms with E-state index in [9.17, 15) is 9.59 Å². The van der Waals surface area contributed by atoms with Crippen LogP contribution in [0.4, 0.5) is 0 Å². The van der Waals surface area contributed by atoms with E-state index in [0.29, 0.717) is 39.3 Å². The van der Waals surface area contributed by atoms with Crippen LogP contribution < -0.4 is 14.8 Å². The second kappa shape index (κ2) is 12.9. The van der Waals surface area contributed by atoms with Crippen molar-refractivity contribution in [2.45, 2.75) is 46.0 Å². The number of ether oxygens (including phenoxy) is 2. The summed E-state index contributed by atoms with van der Waals surface area (Å²) in [5, 5.41) is 3.07. The van der Waals surface area contributed by atoms with E-state index in [1.54, 1.807) is 0 Å². The van der Waals surface area contributed by atoms with E-state index in [1.165, 1.54) is 5.56 Å². The highest BCUT2D eigenvalue weighted by atomic mass is 16.5. The molecule has 0 spiro atoms. The van der Waals surface area contributed by atoms with Crippen molar-refractivity contribution in [2.75, 3.05) is 32.8 Å². The largest absolute Gasteiger partial charge is 0.490 e. The number of carbonyl (C=O) groups excluding carboxylic acids is 2. The van der Waals surface area contributed by atoms with E-state index >= 15 is 0 Å². The molecule has 2 aromatic carbocycles. The van der Waals surface area contributed by atoms with Gasteiger partial charge in [0, 0.05) is 32.0 Å². The number of nitrogens with one attached hydrogen (secondary N) is 1. The maximum absolute atomic E-state index is 12.6. The lowest BCUT2D eigenvalue weighted by molar-refractivity contribution is -0.135. The van der Waals surface area contributed by atoms with E-state index in [4.69, 9.17) is 9.47 Å². The SMILES string of the molecule is CCOc1ccc(CCNC(=O)C2CCN(C(=O)CCc3ccccc3)CC2)cc1OCC. The predicted molar refractivity (Wildman–Crippen MR) is 130 cm³/mol. The van der Waals surface area contributed by atoms with Crippen LogP contribution in [0.1, 0.15) is 44.2 Å². The van der Waals surface area contributed by atoms with Gasteiger partial charge < -0.3 is 19.7 Å². The van der Waals surface area contributed by atoms with Crippen molar-refractivity contribution in [1.82, 2.24) is 10.2 Å². The van der Waals surface area contributed by atoms with Gasteiger partial charge in [0.2, 0.25) is 11.8 Å². The Labute approximate surface area is 197 Å². The number of benzene rings is 2. The molecule has 0 saturated carbocycles. The lowest BCUT2D eigenvalue weighted by Gasteiger charge is -2.31. The first-order chi connectivity index (χ1) is 16.1. The van der Waals surface area contributed by atoms with Gasteiger partial charge in [-0.15, -0.1) is 0 Å². The van der Waals surface area contributed by atoms with Gasteiger partial charge in [0.25, 0.3) is 0 Å². The average Bonchev–Trinajstić information content (AvgIpc) is 2.85. The number of hydrogen-bond donors (Lipinski definition) is 1. The Morgan fingerprint density at radius 3 is 2.30 bits per heavy atom. The lowest BCUT2D eigenvalue weighted by atomic mass is 9.95. The van der Waals surface area contributed by atoms with E-state index in [-0.39, 0.29) is 17.7 Å². The maximum atomic E-state index is 12.6. The fourth-order valence-corrected chi connectivity index (χ4v) is 4.17. The van der Waals surface area contributed by atoms with Crippen LogP contribution >= 0.6 is 0 Å². The normalized spacial score (nSPS) is 14.1. The number of rotatable bonds is 11. The summed E-state index contributed by atoms with van der Waals surface area (Å²) < 4.78 is 11.3. The highest BCUT2D eigenvalue weighted by molar-refractivity contribution is 5.80. The number of amides is 2. The standard InChI is InChI=1S/C27H36N2O4/c1-3-32-24-12-10-22(20-25(24)33-4-2)14-17-28-27(31)23-15-18-29(19-16-23)26(30)13-11-21-8-6-5-7-9-21/h5-10,12,20,23H,3-4,11,13-19H2,1-2H3,(H,28,31). The fourth-order valence-electron chi connectivity index (χ4n) is 4.17. The highest BCUT2D eigenvalue weighted by Crippen LogP contribution is 2.28. The van der Waals surface area contributed by atoms with Crippen molar-refractivity contribution in [2.24, 2.45) is 5.92 Å². The molecule has 0 aromatic heterocycles. The van der Waals surface area contributed by atoms with Crippen LogP contribution in [0.15, 0.2) is 48.5 Å². The Balaban J connectivity index is 1.38. The monoisotopic (exact) mass is 452 g/mol. The molecule has 1 saturated heterocycles. The first kappa shape index (κ1) is 24.6. The van der Waals surface area contributed by atoms with Gasteiger partial charge in [-0.25, -0.2) is 0 Å². The van der Waals surface area contributed by atoms with Crippen LogP contribution in [0, 0.1) is 5.92 Å². The summed E-state index contributed by atoms with van der Waals surface area (Å²) in [4.78, 5) is 27.1. The second-order valence-electron chi connectivity index (χ2n) is 8.33. The summed E-state index contributed by atoms with van der Waals surface area (Å²) in [6.45, 7) is 6.95. The number of nitrogens with zero attached hydrogens (tertiary/aromatic N) is 1. The molecule has 6 nitrogen and oxygen atoms in total. The third-order valence-corrected chi connectivity index (χ3v) is 6.01. The fraction of sp³-hybridized carbons (Fsp3) is 0.481. The average molecular weight is 453 g/mol. The van der Waals surface area contributed by atoms with Gasteiger partial charge in [-0.1, -0.05) is 36.4 Å². The zero-order valence-electron chi connectivity index (χ0n) is 19.8. The Bertz CT molecular complexity index is 892. The van der Waals surface area contributed by atoms with Gasteiger partial charge in [0.1, 0.15) is 0 Å². The minimum atomic E-state index is -0.0255. The van der Waals surface area contributed by atoms with Gasteiger partial charge in [-0.2, -0.15) is 0 Å². The van der Waals surface area contributed by atoms with Crippen LogP contribution in [0.25, 0.3) is 0 Å². The quantitative estimate of drug-likeness (QED) is 0.559. The van der Waals surface area contributed by atoms with Gasteiger partial charge in [-0.3, -0.25) is 9.59 Å². The van der Waals surface area contributed by atoms with Crippen molar-refractivity contribution in [3.8, 4) is 11.5 Å². The van der Waals surface area contributed by atoms with Gasteiger partial charge in [0.15, 0.2) is 11.5 Å². The molecule has 3 rings (SSSR count). The van der Waals surface area contributed by atoms with Crippen molar-refractivity contribution < 1.29 is 19.1 Å². The summed E-state index contributed by atoms with van der Waals surface area (Å²) in [6, 6.07) is 16.0. The molecule has 0 radical (unpaired) electrons. The third-order valence-electron chi connectivity index (χ3n) is 6.01. The molecule has 2 aromatic rings. The molecule has 2 amide bonds. The molecule has 1 heterocycles. The van der Waals surface area contributed by atoms with Crippen LogP contribution in [-0.2, 0) is 22.4 Å². The maximum Gasteiger partial charge on any atom is 0.223 e. The molecule has 0 bridgehead atoms. The molecule has 178 valence electrons. The van der Waals surface area contributed by atoms with Gasteiger partial charge in [0.05, 0.1) is 13.2 Å². The van der Waals surface area contributed by atoms with Crippen molar-refractivity contribution >= 4 is 11.8 Å². The zero-order chi connectivity index (χ0) is 23.5. The molecular formula is C27H36N2O4. The molecule has 0 atom stereocenters. The number of piperidine rings is 1. The molecule has 0 unspecified atom stereocenters. The van der Waals surface area contributed by atoms with E-state index in [1.807, 2.05) is 55.1 Å². The second-order valence-corrected chi connectivity index (χ2v) is 8.33. The third kappa shape index (κ3) is 7.52. The van der Waals surface area contributed by atoms with Crippen LogP contribution in [-0.4, -0.2) is 49.6 Å². The number of hydrogen-bond acceptors (Lipinski definition) is 4. The predicted octanol–water partition coefficient (Wildman–Crippen LogP) is 4.01. The first-order valence-electron chi connectivity index (χ1n) is 12.1. The van der Waals surface area contributed by atoms with Crippen molar-refractivity contribution in [3.05, 3.63) is 59.7 Å². The van der Waals surface area contributed by atoms with Crippen LogP contribution in [0.2, 0.25) is 0 Å². The smallest absolute Gasteiger partial charge is 0.223 e. The van der Waals surface area contributed by atoms with E-state index < -0.39 is 0 Å². The molecule has 1 aliphatic heterocycles. The minimum Gasteiger partial charge on any atom is -0.490 e. The van der Waals surface area contributed by atoms with Crippen LogP contribution in [0.3, 0.4) is 0 Å². The van der Waals surface area contributed by atoms with Gasteiger partial charge >= 0.3 is 0 Å². The summed E-state index contributed by atoms with van der Waals surface area (Å²) >= 11 is 0. The Morgan fingerprint density at radius 1 is 0.909 bits per heavy atom. The van der Waals surface area contributed by atoms with Crippen molar-refractivity contribution in [1.29, 1.82) is 0 Å². The molecule has 33 heavy (non-hydrogen) atoms. The molecular weight excluding hydrogens is 416 g/mol. The lowest BCUT2D eigenvalue weighted by Crippen LogP contribution is -2.43. The summed E-state index contributed by atoms with van der Waals surface area (Å²) in [5.74, 6) is 1.73. The topological polar surface area (TPSA) is 67.9 Å². The number of aryl methyl sites for hydroxylation is 1.